The van der Waals surface area contributed by atoms with E-state index >= 15 is 0 Å². The predicted molar refractivity (Wildman–Crippen MR) is 96.5 cm³/mol. The van der Waals surface area contributed by atoms with Crippen LogP contribution in [0.2, 0.25) is 0 Å². The number of hydrogen-bond donors (Lipinski definition) is 0. The molecule has 0 atom stereocenters. The van der Waals surface area contributed by atoms with E-state index in [1.54, 1.807) is 12.1 Å². The summed E-state index contributed by atoms with van der Waals surface area (Å²) in [6, 6.07) is 8.62. The van der Waals surface area contributed by atoms with E-state index in [-0.39, 0.29) is 5.82 Å². The second-order valence-corrected chi connectivity index (χ2v) is 6.25. The first kappa shape index (κ1) is 17.5. The molecule has 0 fully saturated rings. The number of rotatable bonds is 5. The second kappa shape index (κ2) is 7.59. The third-order valence-corrected chi connectivity index (χ3v) is 4.15. The normalized spacial score (nSPS) is 11.0. The minimum absolute atomic E-state index is 0.347. The van der Waals surface area contributed by atoms with Crippen molar-refractivity contribution in [3.8, 4) is 11.5 Å². The molecule has 0 spiro atoms. The fraction of sp³-hybridized carbons (Fsp3) is 0.278. The summed E-state index contributed by atoms with van der Waals surface area (Å²) in [6.45, 7) is 6.90. The molecule has 0 aliphatic carbocycles. The Kier molecular flexibility index (Phi) is 5.77. The average Bonchev–Trinajstić information content (AvgIpc) is 2.52. The summed E-state index contributed by atoms with van der Waals surface area (Å²) in [5, 5.41) is 0. The largest absolute Gasteiger partial charge is 0.457 e. The first-order valence-electron chi connectivity index (χ1n) is 7.39. The molecule has 5 heteroatoms. The molecule has 2 aromatic carbocycles. The number of hydrogen-bond acceptors (Lipinski definition) is 2. The first-order chi connectivity index (χ1) is 10.9. The molecule has 0 unspecified atom stereocenters. The van der Waals surface area contributed by atoms with E-state index in [0.29, 0.717) is 16.0 Å². The van der Waals surface area contributed by atoms with Crippen molar-refractivity contribution >= 4 is 28.0 Å². The summed E-state index contributed by atoms with van der Waals surface area (Å²) in [4.78, 5) is 6.49. The van der Waals surface area contributed by atoms with Crippen molar-refractivity contribution in [1.82, 2.24) is 4.90 Å². The molecular formula is C18H20BrFN2O. The van der Waals surface area contributed by atoms with Crippen molar-refractivity contribution < 1.29 is 9.13 Å². The number of nitrogens with zero attached hydrogens (tertiary/aromatic N) is 2. The standard InChI is InChI=1S/C18H20BrFN2O/c1-5-22(4)11-21-17-8-13(3)18(9-12(17)2)23-14-6-7-15(19)16(20)10-14/h6-11H,5H2,1-4H3/b21-11+. The zero-order valence-electron chi connectivity index (χ0n) is 13.7. The molecule has 122 valence electrons. The number of benzene rings is 2. The van der Waals surface area contributed by atoms with Crippen molar-refractivity contribution in [3.63, 3.8) is 0 Å². The monoisotopic (exact) mass is 378 g/mol. The molecule has 0 radical (unpaired) electrons. The van der Waals surface area contributed by atoms with E-state index in [2.05, 4.69) is 27.8 Å². The lowest BCUT2D eigenvalue weighted by atomic mass is 10.1. The Bertz CT molecular complexity index is 731. The van der Waals surface area contributed by atoms with Crippen molar-refractivity contribution in [1.29, 1.82) is 0 Å². The number of aryl methyl sites for hydroxylation is 2. The van der Waals surface area contributed by atoms with Crippen LogP contribution in [0.15, 0.2) is 39.8 Å². The highest BCUT2D eigenvalue weighted by atomic mass is 79.9. The molecule has 3 nitrogen and oxygen atoms in total. The van der Waals surface area contributed by atoms with Gasteiger partial charge in [0.2, 0.25) is 0 Å². The maximum atomic E-state index is 13.6. The quantitative estimate of drug-likeness (QED) is 0.498. The van der Waals surface area contributed by atoms with Gasteiger partial charge in [-0.1, -0.05) is 0 Å². The Labute approximate surface area is 144 Å². The molecular weight excluding hydrogens is 359 g/mol. The zero-order chi connectivity index (χ0) is 17.0. The Morgan fingerprint density at radius 3 is 2.61 bits per heavy atom. The summed E-state index contributed by atoms with van der Waals surface area (Å²) < 4.78 is 19.8. The lowest BCUT2D eigenvalue weighted by molar-refractivity contribution is 0.472. The van der Waals surface area contributed by atoms with Gasteiger partial charge in [0, 0.05) is 19.7 Å². The van der Waals surface area contributed by atoms with Gasteiger partial charge in [-0.25, -0.2) is 9.38 Å². The van der Waals surface area contributed by atoms with Crippen LogP contribution in [0.25, 0.3) is 0 Å². The first-order valence-corrected chi connectivity index (χ1v) is 8.18. The van der Waals surface area contributed by atoms with Gasteiger partial charge in [0.15, 0.2) is 0 Å². The Hall–Kier alpha value is -1.88. The van der Waals surface area contributed by atoms with Gasteiger partial charge in [0.1, 0.15) is 17.3 Å². The van der Waals surface area contributed by atoms with E-state index in [1.807, 2.05) is 44.3 Å². The molecule has 0 N–H and O–H groups in total. The number of halogens is 2. The van der Waals surface area contributed by atoms with Crippen LogP contribution in [-0.2, 0) is 0 Å². The summed E-state index contributed by atoms with van der Waals surface area (Å²) in [5.41, 5.74) is 2.85. The van der Waals surface area contributed by atoms with Crippen molar-refractivity contribution in [3.05, 3.63) is 51.7 Å². The molecule has 0 aliphatic heterocycles. The van der Waals surface area contributed by atoms with Gasteiger partial charge in [-0.2, -0.15) is 0 Å². The van der Waals surface area contributed by atoms with E-state index in [4.69, 9.17) is 4.74 Å². The van der Waals surface area contributed by atoms with Gasteiger partial charge < -0.3 is 9.64 Å². The fourth-order valence-corrected chi connectivity index (χ4v) is 2.18. The molecule has 0 saturated heterocycles. The predicted octanol–water partition coefficient (Wildman–Crippen LogP) is 5.61. The maximum absolute atomic E-state index is 13.6. The van der Waals surface area contributed by atoms with Crippen molar-refractivity contribution in [2.24, 2.45) is 4.99 Å². The van der Waals surface area contributed by atoms with Crippen LogP contribution in [0.1, 0.15) is 18.1 Å². The summed E-state index contributed by atoms with van der Waals surface area (Å²) in [6.07, 6.45) is 1.81. The Morgan fingerprint density at radius 1 is 1.22 bits per heavy atom. The molecule has 0 amide bonds. The molecule has 0 aromatic heterocycles. The molecule has 0 saturated carbocycles. The maximum Gasteiger partial charge on any atom is 0.141 e. The van der Waals surface area contributed by atoms with Gasteiger partial charge >= 0.3 is 0 Å². The third-order valence-electron chi connectivity index (χ3n) is 3.51. The van der Waals surface area contributed by atoms with Crippen LogP contribution in [0.5, 0.6) is 11.5 Å². The van der Waals surface area contributed by atoms with Crippen LogP contribution in [0.3, 0.4) is 0 Å². The minimum atomic E-state index is -0.347. The van der Waals surface area contributed by atoms with Crippen molar-refractivity contribution in [2.75, 3.05) is 13.6 Å². The SMILES string of the molecule is CCN(C)/C=N/c1cc(C)c(Oc2ccc(Br)c(F)c2)cc1C. The molecule has 2 aromatic rings. The van der Waals surface area contributed by atoms with E-state index < -0.39 is 0 Å². The van der Waals surface area contributed by atoms with Gasteiger partial charge in [-0.15, -0.1) is 0 Å². The van der Waals surface area contributed by atoms with Crippen LogP contribution in [0, 0.1) is 19.7 Å². The molecule has 0 aliphatic rings. The van der Waals surface area contributed by atoms with Crippen LogP contribution >= 0.6 is 15.9 Å². The highest BCUT2D eigenvalue weighted by Crippen LogP contribution is 2.32. The Balaban J connectivity index is 2.25. The number of ether oxygens (including phenoxy) is 1. The lowest BCUT2D eigenvalue weighted by Crippen LogP contribution is -2.14. The fourth-order valence-electron chi connectivity index (χ4n) is 1.93. The lowest BCUT2D eigenvalue weighted by Gasteiger charge is -2.13. The Morgan fingerprint density at radius 2 is 1.96 bits per heavy atom. The van der Waals surface area contributed by atoms with Crippen LogP contribution in [0.4, 0.5) is 10.1 Å². The topological polar surface area (TPSA) is 24.8 Å². The smallest absolute Gasteiger partial charge is 0.141 e. The van der Waals surface area contributed by atoms with Crippen LogP contribution in [-0.4, -0.2) is 24.8 Å². The highest BCUT2D eigenvalue weighted by molar-refractivity contribution is 9.10. The highest BCUT2D eigenvalue weighted by Gasteiger charge is 2.08. The zero-order valence-corrected chi connectivity index (χ0v) is 15.3. The second-order valence-electron chi connectivity index (χ2n) is 5.40. The minimum Gasteiger partial charge on any atom is -0.457 e. The summed E-state index contributed by atoms with van der Waals surface area (Å²) in [5.74, 6) is 0.822. The van der Waals surface area contributed by atoms with E-state index in [9.17, 15) is 4.39 Å². The van der Waals surface area contributed by atoms with Crippen LogP contribution < -0.4 is 4.74 Å². The van der Waals surface area contributed by atoms with Gasteiger partial charge in [-0.05, 0) is 72.1 Å². The van der Waals surface area contributed by atoms with Crippen molar-refractivity contribution in [2.45, 2.75) is 20.8 Å². The molecule has 23 heavy (non-hydrogen) atoms. The third kappa shape index (κ3) is 4.55. The van der Waals surface area contributed by atoms with E-state index in [1.165, 1.54) is 6.07 Å². The number of aliphatic imine (C=N–C) groups is 1. The van der Waals surface area contributed by atoms with Gasteiger partial charge in [0.25, 0.3) is 0 Å². The molecule has 0 bridgehead atoms. The average molecular weight is 379 g/mol. The van der Waals surface area contributed by atoms with Gasteiger partial charge in [-0.3, -0.25) is 0 Å². The summed E-state index contributed by atoms with van der Waals surface area (Å²) >= 11 is 3.13. The summed E-state index contributed by atoms with van der Waals surface area (Å²) in [7, 11) is 1.98. The van der Waals surface area contributed by atoms with Gasteiger partial charge in [0.05, 0.1) is 16.5 Å². The molecule has 0 heterocycles. The van der Waals surface area contributed by atoms with E-state index in [0.717, 1.165) is 23.4 Å². The molecule has 2 rings (SSSR count).